The lowest BCUT2D eigenvalue weighted by molar-refractivity contribution is -0.121. The maximum absolute atomic E-state index is 12.5. The van der Waals surface area contributed by atoms with Gasteiger partial charge in [0, 0.05) is 18.0 Å². The lowest BCUT2D eigenvalue weighted by Crippen LogP contribution is -2.36. The van der Waals surface area contributed by atoms with Crippen molar-refractivity contribution in [2.24, 2.45) is 5.92 Å². The number of para-hydroxylation sites is 1. The number of ether oxygens (including phenoxy) is 1. The van der Waals surface area contributed by atoms with Crippen LogP contribution >= 0.6 is 12.2 Å². The monoisotopic (exact) mass is 394 g/mol. The first-order valence-electron chi connectivity index (χ1n) is 9.30. The summed E-state index contributed by atoms with van der Waals surface area (Å²) in [5.74, 6) is 1.77. The molecule has 6 nitrogen and oxygen atoms in total. The quantitative estimate of drug-likeness (QED) is 0.652. The Balaban J connectivity index is 1.40. The Bertz CT molecular complexity index is 1060. The van der Waals surface area contributed by atoms with Crippen molar-refractivity contribution >= 4 is 18.1 Å². The second kappa shape index (κ2) is 7.98. The maximum atomic E-state index is 12.5. The predicted octanol–water partition coefficient (Wildman–Crippen LogP) is 3.28. The van der Waals surface area contributed by atoms with Gasteiger partial charge >= 0.3 is 0 Å². The van der Waals surface area contributed by atoms with Gasteiger partial charge in [-0.05, 0) is 43.3 Å². The van der Waals surface area contributed by atoms with Crippen molar-refractivity contribution in [2.75, 3.05) is 13.2 Å². The summed E-state index contributed by atoms with van der Waals surface area (Å²) in [5.41, 5.74) is 3.24. The highest BCUT2D eigenvalue weighted by Gasteiger charge is 2.20. The molecule has 0 aliphatic carbocycles. The van der Waals surface area contributed by atoms with Gasteiger partial charge in [-0.3, -0.25) is 14.5 Å². The van der Waals surface area contributed by atoms with Crippen LogP contribution in [0.5, 0.6) is 5.75 Å². The van der Waals surface area contributed by atoms with E-state index in [9.17, 15) is 4.79 Å². The summed E-state index contributed by atoms with van der Waals surface area (Å²) in [6.07, 6.45) is 0.899. The molecule has 4 rings (SSSR count). The van der Waals surface area contributed by atoms with Crippen LogP contribution in [0.25, 0.3) is 11.4 Å². The summed E-state index contributed by atoms with van der Waals surface area (Å²) in [7, 11) is 0. The van der Waals surface area contributed by atoms with Gasteiger partial charge in [0.15, 0.2) is 10.6 Å². The molecule has 2 N–H and O–H groups in total. The van der Waals surface area contributed by atoms with Crippen molar-refractivity contribution < 1.29 is 9.53 Å². The minimum absolute atomic E-state index is 0.0924. The highest BCUT2D eigenvalue weighted by atomic mass is 32.1. The lowest BCUT2D eigenvalue weighted by Gasteiger charge is -2.25. The molecule has 2 heterocycles. The molecule has 0 unspecified atom stereocenters. The number of hydrogen-bond acceptors (Lipinski definition) is 4. The van der Waals surface area contributed by atoms with Gasteiger partial charge in [0.05, 0.1) is 6.61 Å². The molecular formula is C21H22N4O2S. The molecule has 0 bridgehead atoms. The molecule has 0 saturated heterocycles. The molecule has 0 radical (unpaired) electrons. The molecule has 1 aliphatic heterocycles. The second-order valence-corrected chi connectivity index (χ2v) is 7.49. The Morgan fingerprint density at radius 2 is 2.18 bits per heavy atom. The third kappa shape index (κ3) is 3.99. The van der Waals surface area contributed by atoms with Crippen LogP contribution in [0.2, 0.25) is 0 Å². The van der Waals surface area contributed by atoms with Crippen LogP contribution < -0.4 is 10.1 Å². The first-order chi connectivity index (χ1) is 13.6. The minimum atomic E-state index is -0.0924. The molecule has 0 fully saturated rings. The standard InChI is InChI=1S/C21H22N4O2S/c1-14-5-4-7-17(9-14)20-23-24-21(28)25(20)12-19(26)22-11-15-10-16-6-2-3-8-18(16)27-13-15/h2-9,15H,10-13H2,1H3,(H,22,26)(H,24,28)/t15-/m1/s1. The Labute approximate surface area is 168 Å². The smallest absolute Gasteiger partial charge is 0.240 e. The number of benzene rings is 2. The van der Waals surface area contributed by atoms with E-state index in [2.05, 4.69) is 21.6 Å². The van der Waals surface area contributed by atoms with Crippen LogP contribution in [0.15, 0.2) is 48.5 Å². The van der Waals surface area contributed by atoms with E-state index in [0.29, 0.717) is 23.7 Å². The van der Waals surface area contributed by atoms with Crippen LogP contribution in [0.3, 0.4) is 0 Å². The zero-order valence-corrected chi connectivity index (χ0v) is 16.5. The van der Waals surface area contributed by atoms with E-state index in [1.165, 1.54) is 5.56 Å². The number of aromatic amines is 1. The lowest BCUT2D eigenvalue weighted by atomic mass is 9.97. The van der Waals surface area contributed by atoms with Gasteiger partial charge in [0.25, 0.3) is 0 Å². The Morgan fingerprint density at radius 1 is 1.32 bits per heavy atom. The van der Waals surface area contributed by atoms with Crippen molar-refractivity contribution in [2.45, 2.75) is 19.9 Å². The van der Waals surface area contributed by atoms with Crippen molar-refractivity contribution in [3.8, 4) is 17.1 Å². The number of carbonyl (C=O) groups is 1. The average Bonchev–Trinajstić information content (AvgIpc) is 3.06. The summed E-state index contributed by atoms with van der Waals surface area (Å²) >= 11 is 5.32. The number of nitrogens with zero attached hydrogens (tertiary/aromatic N) is 2. The Morgan fingerprint density at radius 3 is 3.04 bits per heavy atom. The second-order valence-electron chi connectivity index (χ2n) is 7.10. The summed E-state index contributed by atoms with van der Waals surface area (Å²) in [4.78, 5) is 12.5. The van der Waals surface area contributed by atoms with Crippen molar-refractivity contribution in [1.29, 1.82) is 0 Å². The van der Waals surface area contributed by atoms with Gasteiger partial charge < -0.3 is 10.1 Å². The fraction of sp³-hybridized carbons (Fsp3) is 0.286. The van der Waals surface area contributed by atoms with Gasteiger partial charge in [-0.25, -0.2) is 0 Å². The maximum Gasteiger partial charge on any atom is 0.240 e. The van der Waals surface area contributed by atoms with E-state index in [0.717, 1.165) is 23.3 Å². The topological polar surface area (TPSA) is 71.9 Å². The summed E-state index contributed by atoms with van der Waals surface area (Å²) in [6, 6.07) is 16.0. The zero-order valence-electron chi connectivity index (χ0n) is 15.6. The highest BCUT2D eigenvalue weighted by Crippen LogP contribution is 2.26. The van der Waals surface area contributed by atoms with Gasteiger partial charge in [-0.15, -0.1) is 0 Å². The molecule has 1 amide bonds. The van der Waals surface area contributed by atoms with E-state index in [1.54, 1.807) is 4.57 Å². The fourth-order valence-corrected chi connectivity index (χ4v) is 3.65. The molecule has 1 atom stereocenters. The Hall–Kier alpha value is -2.93. The number of nitrogens with one attached hydrogen (secondary N) is 2. The Kier molecular flexibility index (Phi) is 5.25. The van der Waals surface area contributed by atoms with Gasteiger partial charge in [-0.1, -0.05) is 42.0 Å². The van der Waals surface area contributed by atoms with E-state index < -0.39 is 0 Å². The number of amides is 1. The van der Waals surface area contributed by atoms with Gasteiger partial charge in [0.1, 0.15) is 12.3 Å². The molecule has 1 aromatic heterocycles. The first-order valence-corrected chi connectivity index (χ1v) is 9.70. The molecule has 7 heteroatoms. The number of aryl methyl sites for hydroxylation is 1. The molecule has 144 valence electrons. The predicted molar refractivity (Wildman–Crippen MR) is 110 cm³/mol. The van der Waals surface area contributed by atoms with E-state index >= 15 is 0 Å². The van der Waals surface area contributed by atoms with Crippen LogP contribution in [-0.2, 0) is 17.8 Å². The SMILES string of the molecule is Cc1cccc(-c2n[nH]c(=S)n2CC(=O)NC[C@@H]2COc3ccccc3C2)c1. The van der Waals surface area contributed by atoms with Gasteiger partial charge in [-0.2, -0.15) is 5.10 Å². The third-order valence-corrected chi connectivity index (χ3v) is 5.19. The molecule has 1 aliphatic rings. The van der Waals surface area contributed by atoms with Crippen molar-refractivity contribution in [3.05, 3.63) is 64.4 Å². The molecule has 28 heavy (non-hydrogen) atoms. The van der Waals surface area contributed by atoms with Gasteiger partial charge in [0.2, 0.25) is 5.91 Å². The average molecular weight is 395 g/mol. The van der Waals surface area contributed by atoms with Crippen LogP contribution in [0.1, 0.15) is 11.1 Å². The molecule has 0 spiro atoms. The highest BCUT2D eigenvalue weighted by molar-refractivity contribution is 7.71. The summed E-state index contributed by atoms with van der Waals surface area (Å²) in [6.45, 7) is 3.32. The third-order valence-electron chi connectivity index (χ3n) is 4.88. The largest absolute Gasteiger partial charge is 0.493 e. The summed E-state index contributed by atoms with van der Waals surface area (Å²) in [5, 5.41) is 10.1. The zero-order chi connectivity index (χ0) is 19.5. The number of aromatic nitrogens is 3. The molecule has 3 aromatic rings. The van der Waals surface area contributed by atoms with Crippen molar-refractivity contribution in [1.82, 2.24) is 20.1 Å². The number of rotatable bonds is 5. The van der Waals surface area contributed by atoms with E-state index in [4.69, 9.17) is 17.0 Å². The van der Waals surface area contributed by atoms with E-state index in [-0.39, 0.29) is 18.4 Å². The number of fused-ring (bicyclic) bond motifs is 1. The van der Waals surface area contributed by atoms with E-state index in [1.807, 2.05) is 49.4 Å². The number of H-pyrrole nitrogens is 1. The van der Waals surface area contributed by atoms with Crippen LogP contribution in [0, 0.1) is 17.6 Å². The summed E-state index contributed by atoms with van der Waals surface area (Å²) < 4.78 is 7.95. The fourth-order valence-electron chi connectivity index (χ4n) is 3.45. The first kappa shape index (κ1) is 18.4. The van der Waals surface area contributed by atoms with Crippen LogP contribution in [0.4, 0.5) is 0 Å². The van der Waals surface area contributed by atoms with Crippen molar-refractivity contribution in [3.63, 3.8) is 0 Å². The molecular weight excluding hydrogens is 372 g/mol. The number of carbonyl (C=O) groups excluding carboxylic acids is 1. The molecule has 2 aromatic carbocycles. The minimum Gasteiger partial charge on any atom is -0.493 e. The number of hydrogen-bond donors (Lipinski definition) is 2. The normalized spacial score (nSPS) is 15.5. The molecule has 0 saturated carbocycles. The van der Waals surface area contributed by atoms with Crippen LogP contribution in [-0.4, -0.2) is 33.8 Å².